The first-order valence-corrected chi connectivity index (χ1v) is 7.56. The van der Waals surface area contributed by atoms with Gasteiger partial charge in [0.15, 0.2) is 11.5 Å². The molecule has 0 bridgehead atoms. The number of phenols is 1. The first kappa shape index (κ1) is 19.8. The molecule has 0 radical (unpaired) electrons. The highest BCUT2D eigenvalue weighted by atomic mass is 19.3. The lowest BCUT2D eigenvalue weighted by Crippen LogP contribution is -2.07. The Bertz CT molecular complexity index is 911. The summed E-state index contributed by atoms with van der Waals surface area (Å²) in [6.45, 7) is -1.41. The molecule has 142 valence electrons. The number of nitrogens with zero attached hydrogens (tertiary/aromatic N) is 1. The second kappa shape index (κ2) is 8.26. The number of carbonyl (C=O) groups excluding carboxylic acids is 1. The minimum Gasteiger partial charge on any atom is -0.500 e. The summed E-state index contributed by atoms with van der Waals surface area (Å²) in [7, 11) is 1.22. The Hall–Kier alpha value is -3.49. The number of aromatic hydroxyl groups is 1. The SMILES string of the molecule is COc1cc(/C=C/C(=O)c2cc(C)ccc2OC(F)F)cc([N+](=O)[O-])c1O. The number of alkyl halides is 2. The molecule has 2 aromatic carbocycles. The van der Waals surface area contributed by atoms with Gasteiger partial charge in [-0.25, -0.2) is 0 Å². The van der Waals surface area contributed by atoms with Crippen molar-refractivity contribution < 1.29 is 33.1 Å². The van der Waals surface area contributed by atoms with Crippen LogP contribution >= 0.6 is 0 Å². The third-order valence-electron chi connectivity index (χ3n) is 3.54. The molecular formula is C18H15F2NO6. The molecule has 2 aromatic rings. The van der Waals surface area contributed by atoms with E-state index in [2.05, 4.69) is 4.74 Å². The van der Waals surface area contributed by atoms with E-state index in [-0.39, 0.29) is 22.6 Å². The van der Waals surface area contributed by atoms with Crippen LogP contribution in [0, 0.1) is 17.0 Å². The average molecular weight is 379 g/mol. The summed E-state index contributed by atoms with van der Waals surface area (Å²) in [6, 6.07) is 6.51. The monoisotopic (exact) mass is 379 g/mol. The maximum atomic E-state index is 12.5. The molecule has 0 aliphatic carbocycles. The second-order valence-electron chi connectivity index (χ2n) is 5.42. The van der Waals surface area contributed by atoms with Gasteiger partial charge in [0.2, 0.25) is 5.75 Å². The van der Waals surface area contributed by atoms with Gasteiger partial charge in [-0.05, 0) is 36.8 Å². The van der Waals surface area contributed by atoms with Crippen molar-refractivity contribution in [3.8, 4) is 17.2 Å². The molecule has 0 saturated heterocycles. The van der Waals surface area contributed by atoms with Gasteiger partial charge in [0.1, 0.15) is 5.75 Å². The van der Waals surface area contributed by atoms with Crippen LogP contribution in [0.2, 0.25) is 0 Å². The smallest absolute Gasteiger partial charge is 0.387 e. The number of carbonyl (C=O) groups is 1. The van der Waals surface area contributed by atoms with E-state index < -0.39 is 28.8 Å². The normalized spacial score (nSPS) is 11.0. The number of allylic oxidation sites excluding steroid dienone is 1. The van der Waals surface area contributed by atoms with Gasteiger partial charge in [0.25, 0.3) is 0 Å². The highest BCUT2D eigenvalue weighted by Gasteiger charge is 2.19. The number of phenolic OH excluding ortho intramolecular Hbond substituents is 1. The van der Waals surface area contributed by atoms with E-state index in [9.17, 15) is 28.8 Å². The molecule has 0 unspecified atom stereocenters. The molecule has 0 aromatic heterocycles. The van der Waals surface area contributed by atoms with Crippen LogP contribution in [-0.2, 0) is 0 Å². The van der Waals surface area contributed by atoms with E-state index >= 15 is 0 Å². The van der Waals surface area contributed by atoms with Crippen molar-refractivity contribution in [1.29, 1.82) is 0 Å². The molecule has 0 heterocycles. The Morgan fingerprint density at radius 1 is 1.26 bits per heavy atom. The minimum absolute atomic E-state index is 0.0770. The number of hydrogen-bond donors (Lipinski definition) is 1. The van der Waals surface area contributed by atoms with Crippen LogP contribution in [0.5, 0.6) is 17.2 Å². The molecule has 1 N–H and O–H groups in total. The van der Waals surface area contributed by atoms with Crippen LogP contribution in [0.3, 0.4) is 0 Å². The van der Waals surface area contributed by atoms with Crippen LogP contribution in [0.25, 0.3) is 6.08 Å². The lowest BCUT2D eigenvalue weighted by molar-refractivity contribution is -0.386. The number of methoxy groups -OCH3 is 1. The summed E-state index contributed by atoms with van der Waals surface area (Å²) in [5.41, 5.74) is 0.189. The van der Waals surface area contributed by atoms with Gasteiger partial charge >= 0.3 is 12.3 Å². The van der Waals surface area contributed by atoms with Crippen molar-refractivity contribution in [1.82, 2.24) is 0 Å². The Balaban J connectivity index is 2.39. The summed E-state index contributed by atoms with van der Waals surface area (Å²) in [6.07, 6.45) is 2.30. The van der Waals surface area contributed by atoms with Gasteiger partial charge in [-0.3, -0.25) is 14.9 Å². The molecule has 0 fully saturated rings. The van der Waals surface area contributed by atoms with Gasteiger partial charge in [-0.2, -0.15) is 8.78 Å². The first-order valence-electron chi connectivity index (χ1n) is 7.56. The number of rotatable bonds is 7. The molecule has 0 atom stereocenters. The van der Waals surface area contributed by atoms with Gasteiger partial charge in [-0.15, -0.1) is 0 Å². The fraction of sp³-hybridized carbons (Fsp3) is 0.167. The largest absolute Gasteiger partial charge is 0.500 e. The van der Waals surface area contributed by atoms with Gasteiger partial charge in [-0.1, -0.05) is 17.7 Å². The molecule has 9 heteroatoms. The van der Waals surface area contributed by atoms with Crippen molar-refractivity contribution in [3.05, 3.63) is 63.2 Å². The van der Waals surface area contributed by atoms with Crippen LogP contribution in [0.15, 0.2) is 36.4 Å². The molecule has 0 spiro atoms. The maximum Gasteiger partial charge on any atom is 0.387 e. The Labute approximate surface area is 152 Å². The summed E-state index contributed by atoms with van der Waals surface area (Å²) >= 11 is 0. The molecule has 0 amide bonds. The van der Waals surface area contributed by atoms with E-state index in [0.717, 1.165) is 12.1 Å². The number of benzene rings is 2. The number of ether oxygens (including phenoxy) is 2. The number of ketones is 1. The van der Waals surface area contributed by atoms with Crippen LogP contribution in [-0.4, -0.2) is 29.5 Å². The minimum atomic E-state index is -3.09. The van der Waals surface area contributed by atoms with E-state index in [1.807, 2.05) is 0 Å². The molecule has 2 rings (SSSR count). The van der Waals surface area contributed by atoms with E-state index in [4.69, 9.17) is 4.74 Å². The zero-order valence-electron chi connectivity index (χ0n) is 14.3. The zero-order valence-corrected chi connectivity index (χ0v) is 14.3. The highest BCUT2D eigenvalue weighted by Crippen LogP contribution is 2.37. The Morgan fingerprint density at radius 2 is 1.96 bits per heavy atom. The van der Waals surface area contributed by atoms with Crippen molar-refractivity contribution >= 4 is 17.5 Å². The predicted octanol–water partition coefficient (Wildman–Crippen LogP) is 4.11. The predicted molar refractivity (Wildman–Crippen MR) is 92.5 cm³/mol. The molecule has 27 heavy (non-hydrogen) atoms. The summed E-state index contributed by atoms with van der Waals surface area (Å²) < 4.78 is 34.2. The highest BCUT2D eigenvalue weighted by molar-refractivity contribution is 6.08. The van der Waals surface area contributed by atoms with E-state index in [0.29, 0.717) is 5.56 Å². The third kappa shape index (κ3) is 4.78. The number of hydrogen-bond acceptors (Lipinski definition) is 6. The number of nitro groups is 1. The summed E-state index contributed by atoms with van der Waals surface area (Å²) in [5, 5.41) is 20.7. The standard InChI is InChI=1S/C18H15F2NO6/c1-10-3-6-15(27-18(19)20)12(7-10)14(22)5-4-11-8-13(21(24)25)17(23)16(9-11)26-2/h3-9,18,23H,1-2H3/b5-4+. The number of halogens is 2. The van der Waals surface area contributed by atoms with Crippen LogP contribution in [0.4, 0.5) is 14.5 Å². The van der Waals surface area contributed by atoms with E-state index in [1.54, 1.807) is 6.92 Å². The first-order chi connectivity index (χ1) is 12.7. The molecule has 0 saturated carbocycles. The van der Waals surface area contributed by atoms with E-state index in [1.165, 1.54) is 37.5 Å². The lowest BCUT2D eigenvalue weighted by atomic mass is 10.0. The van der Waals surface area contributed by atoms with Crippen molar-refractivity contribution in [2.45, 2.75) is 13.5 Å². The summed E-state index contributed by atoms with van der Waals surface area (Å²) in [4.78, 5) is 22.6. The lowest BCUT2D eigenvalue weighted by Gasteiger charge is -2.09. The fourth-order valence-corrected chi connectivity index (χ4v) is 2.30. The van der Waals surface area contributed by atoms with Gasteiger partial charge in [0.05, 0.1) is 17.6 Å². The van der Waals surface area contributed by atoms with Crippen molar-refractivity contribution in [3.63, 3.8) is 0 Å². The van der Waals surface area contributed by atoms with Crippen molar-refractivity contribution in [2.75, 3.05) is 7.11 Å². The fourth-order valence-electron chi connectivity index (χ4n) is 2.30. The molecule has 0 aliphatic rings. The zero-order chi connectivity index (χ0) is 20.1. The molecule has 7 nitrogen and oxygen atoms in total. The third-order valence-corrected chi connectivity index (χ3v) is 3.54. The summed E-state index contributed by atoms with van der Waals surface area (Å²) in [5.74, 6) is -1.70. The number of nitro benzene ring substituents is 1. The van der Waals surface area contributed by atoms with Crippen molar-refractivity contribution in [2.24, 2.45) is 0 Å². The van der Waals surface area contributed by atoms with Crippen LogP contribution < -0.4 is 9.47 Å². The molecular weight excluding hydrogens is 364 g/mol. The maximum absolute atomic E-state index is 12.5. The quantitative estimate of drug-likeness (QED) is 0.336. The van der Waals surface area contributed by atoms with Gasteiger partial charge in [0, 0.05) is 6.07 Å². The Morgan fingerprint density at radius 3 is 2.56 bits per heavy atom. The Kier molecular flexibility index (Phi) is 6.07. The topological polar surface area (TPSA) is 98.9 Å². The van der Waals surface area contributed by atoms with Gasteiger partial charge < -0.3 is 14.6 Å². The molecule has 0 aliphatic heterocycles. The van der Waals surface area contributed by atoms with Crippen LogP contribution in [0.1, 0.15) is 21.5 Å². The average Bonchev–Trinajstić information content (AvgIpc) is 2.61. The second-order valence-corrected chi connectivity index (χ2v) is 5.42. The number of aryl methyl sites for hydroxylation is 1.